The van der Waals surface area contributed by atoms with E-state index in [2.05, 4.69) is 29.4 Å². The number of oxime groups is 1. The Labute approximate surface area is 116 Å². The van der Waals surface area contributed by atoms with Crippen LogP contribution in [0.4, 0.5) is 0 Å². The van der Waals surface area contributed by atoms with Crippen LogP contribution in [-0.4, -0.2) is 11.8 Å². The molecule has 0 aliphatic heterocycles. The maximum Gasteiger partial charge on any atom is 0.129 e. The first-order chi connectivity index (χ1) is 9.04. The molecule has 0 bridgehead atoms. The van der Waals surface area contributed by atoms with Crippen LogP contribution in [0.25, 0.3) is 0 Å². The van der Waals surface area contributed by atoms with E-state index in [0.29, 0.717) is 0 Å². The highest BCUT2D eigenvalue weighted by Crippen LogP contribution is 2.32. The highest BCUT2D eigenvalue weighted by Gasteiger charge is 2.15. The van der Waals surface area contributed by atoms with Gasteiger partial charge in [0.05, 0.1) is 6.21 Å². The van der Waals surface area contributed by atoms with Gasteiger partial charge in [0.1, 0.15) is 5.60 Å². The molecule has 1 aromatic rings. The van der Waals surface area contributed by atoms with Gasteiger partial charge in [-0.25, -0.2) is 0 Å². The first-order valence-electron chi connectivity index (χ1n) is 7.36. The van der Waals surface area contributed by atoms with E-state index in [1.165, 1.54) is 37.7 Å². The standard InChI is InChI=1S/C17H25NO/c1-17(2,3)19-18-13-14-8-7-11-16(12-14)15-9-5-4-6-10-15/h7-8,11-13,15H,4-6,9-10H2,1-3H3. The van der Waals surface area contributed by atoms with Gasteiger partial charge in [-0.3, -0.25) is 0 Å². The largest absolute Gasteiger partial charge is 0.390 e. The topological polar surface area (TPSA) is 21.6 Å². The summed E-state index contributed by atoms with van der Waals surface area (Å²) in [5.41, 5.74) is 2.36. The maximum absolute atomic E-state index is 5.39. The van der Waals surface area contributed by atoms with E-state index >= 15 is 0 Å². The minimum absolute atomic E-state index is 0.225. The fourth-order valence-electron chi connectivity index (χ4n) is 2.57. The fourth-order valence-corrected chi connectivity index (χ4v) is 2.57. The molecular formula is C17H25NO. The molecule has 0 aromatic heterocycles. The van der Waals surface area contributed by atoms with E-state index in [0.717, 1.165) is 11.5 Å². The maximum atomic E-state index is 5.39. The lowest BCUT2D eigenvalue weighted by Crippen LogP contribution is -2.15. The Hall–Kier alpha value is -1.31. The molecule has 1 aliphatic carbocycles. The van der Waals surface area contributed by atoms with Gasteiger partial charge >= 0.3 is 0 Å². The molecule has 0 amide bonds. The third kappa shape index (κ3) is 4.70. The molecule has 0 heterocycles. The van der Waals surface area contributed by atoms with Gasteiger partial charge in [0.2, 0.25) is 0 Å². The average molecular weight is 259 g/mol. The summed E-state index contributed by atoms with van der Waals surface area (Å²) in [6.45, 7) is 6.01. The van der Waals surface area contributed by atoms with Crippen LogP contribution in [0.5, 0.6) is 0 Å². The lowest BCUT2D eigenvalue weighted by molar-refractivity contribution is 0.00199. The summed E-state index contributed by atoms with van der Waals surface area (Å²) in [6.07, 6.45) is 8.62. The van der Waals surface area contributed by atoms with Crippen molar-refractivity contribution < 1.29 is 4.84 Å². The van der Waals surface area contributed by atoms with E-state index in [4.69, 9.17) is 4.84 Å². The number of rotatable bonds is 3. The molecule has 0 N–H and O–H groups in total. The molecule has 2 heteroatoms. The van der Waals surface area contributed by atoms with Crippen LogP contribution in [0.1, 0.15) is 69.9 Å². The van der Waals surface area contributed by atoms with Crippen molar-refractivity contribution in [2.45, 2.75) is 64.4 Å². The SMILES string of the molecule is CC(C)(C)ON=Cc1cccc(C2CCCCC2)c1. The second-order valence-corrected chi connectivity index (χ2v) is 6.44. The molecule has 0 spiro atoms. The normalized spacial score (nSPS) is 17.8. The smallest absolute Gasteiger partial charge is 0.129 e. The average Bonchev–Trinajstić information content (AvgIpc) is 2.39. The summed E-state index contributed by atoms with van der Waals surface area (Å²) in [5, 5.41) is 4.07. The lowest BCUT2D eigenvalue weighted by atomic mass is 9.84. The van der Waals surface area contributed by atoms with Crippen LogP contribution in [0.3, 0.4) is 0 Å². The molecule has 1 fully saturated rings. The highest BCUT2D eigenvalue weighted by atomic mass is 16.6. The molecule has 1 saturated carbocycles. The van der Waals surface area contributed by atoms with Gasteiger partial charge in [0.25, 0.3) is 0 Å². The van der Waals surface area contributed by atoms with E-state index in [1.807, 2.05) is 27.0 Å². The Kier molecular flexibility index (Phi) is 4.62. The zero-order chi connectivity index (χ0) is 13.7. The molecule has 1 aliphatic rings. The summed E-state index contributed by atoms with van der Waals surface area (Å²) in [4.78, 5) is 5.39. The second kappa shape index (κ2) is 6.23. The van der Waals surface area contributed by atoms with Crippen molar-refractivity contribution in [3.63, 3.8) is 0 Å². The van der Waals surface area contributed by atoms with Crippen molar-refractivity contribution in [3.05, 3.63) is 35.4 Å². The number of hydrogen-bond acceptors (Lipinski definition) is 2. The zero-order valence-electron chi connectivity index (χ0n) is 12.4. The highest BCUT2D eigenvalue weighted by molar-refractivity contribution is 5.79. The van der Waals surface area contributed by atoms with E-state index in [-0.39, 0.29) is 5.60 Å². The summed E-state index contributed by atoms with van der Waals surface area (Å²) in [6, 6.07) is 8.72. The van der Waals surface area contributed by atoms with Crippen LogP contribution < -0.4 is 0 Å². The van der Waals surface area contributed by atoms with Gasteiger partial charge in [-0.2, -0.15) is 0 Å². The van der Waals surface area contributed by atoms with Crippen molar-refractivity contribution >= 4 is 6.21 Å². The van der Waals surface area contributed by atoms with Crippen LogP contribution in [0, 0.1) is 0 Å². The quantitative estimate of drug-likeness (QED) is 0.560. The molecule has 0 unspecified atom stereocenters. The predicted molar refractivity (Wildman–Crippen MR) is 80.7 cm³/mol. The van der Waals surface area contributed by atoms with Gasteiger partial charge in [-0.05, 0) is 56.7 Å². The monoisotopic (exact) mass is 259 g/mol. The van der Waals surface area contributed by atoms with Gasteiger partial charge in [-0.1, -0.05) is 42.6 Å². The van der Waals surface area contributed by atoms with Gasteiger partial charge in [0, 0.05) is 0 Å². The van der Waals surface area contributed by atoms with E-state index < -0.39 is 0 Å². The van der Waals surface area contributed by atoms with Crippen molar-refractivity contribution in [3.8, 4) is 0 Å². The molecule has 19 heavy (non-hydrogen) atoms. The lowest BCUT2D eigenvalue weighted by Gasteiger charge is -2.22. The fraction of sp³-hybridized carbons (Fsp3) is 0.588. The molecule has 104 valence electrons. The minimum Gasteiger partial charge on any atom is -0.390 e. The molecule has 1 aromatic carbocycles. The van der Waals surface area contributed by atoms with E-state index in [1.54, 1.807) is 0 Å². The van der Waals surface area contributed by atoms with Crippen LogP contribution >= 0.6 is 0 Å². The summed E-state index contributed by atoms with van der Waals surface area (Å²) in [5.74, 6) is 0.741. The van der Waals surface area contributed by atoms with Gasteiger partial charge in [-0.15, -0.1) is 0 Å². The van der Waals surface area contributed by atoms with Gasteiger partial charge in [0.15, 0.2) is 0 Å². The first-order valence-corrected chi connectivity index (χ1v) is 7.36. The van der Waals surface area contributed by atoms with Crippen molar-refractivity contribution in [1.29, 1.82) is 0 Å². The van der Waals surface area contributed by atoms with Crippen LogP contribution in [-0.2, 0) is 4.84 Å². The third-order valence-electron chi connectivity index (χ3n) is 3.52. The molecular weight excluding hydrogens is 234 g/mol. The van der Waals surface area contributed by atoms with E-state index in [9.17, 15) is 0 Å². The Morgan fingerprint density at radius 2 is 1.89 bits per heavy atom. The Morgan fingerprint density at radius 1 is 1.16 bits per heavy atom. The number of benzene rings is 1. The third-order valence-corrected chi connectivity index (χ3v) is 3.52. The van der Waals surface area contributed by atoms with Gasteiger partial charge < -0.3 is 4.84 Å². The molecule has 2 nitrogen and oxygen atoms in total. The van der Waals surface area contributed by atoms with Crippen molar-refractivity contribution in [2.24, 2.45) is 5.16 Å². The minimum atomic E-state index is -0.225. The summed E-state index contributed by atoms with van der Waals surface area (Å²) in [7, 11) is 0. The number of nitrogens with zero attached hydrogens (tertiary/aromatic N) is 1. The Balaban J connectivity index is 2.02. The Morgan fingerprint density at radius 3 is 2.58 bits per heavy atom. The summed E-state index contributed by atoms with van der Waals surface area (Å²) < 4.78 is 0. The molecule has 0 saturated heterocycles. The first kappa shape index (κ1) is 14.1. The zero-order valence-corrected chi connectivity index (χ0v) is 12.4. The molecule has 0 radical (unpaired) electrons. The number of hydrogen-bond donors (Lipinski definition) is 0. The Bertz CT molecular complexity index is 425. The summed E-state index contributed by atoms with van der Waals surface area (Å²) >= 11 is 0. The van der Waals surface area contributed by atoms with Crippen molar-refractivity contribution in [1.82, 2.24) is 0 Å². The molecule has 2 rings (SSSR count). The molecule has 0 atom stereocenters. The van der Waals surface area contributed by atoms with Crippen molar-refractivity contribution in [2.75, 3.05) is 0 Å². The predicted octanol–water partition coefficient (Wildman–Crippen LogP) is 4.88. The second-order valence-electron chi connectivity index (χ2n) is 6.44. The van der Waals surface area contributed by atoms with Crippen LogP contribution in [0.15, 0.2) is 29.4 Å². The van der Waals surface area contributed by atoms with Crippen LogP contribution in [0.2, 0.25) is 0 Å².